The number of hydrogen-bond acceptors (Lipinski definition) is 7. The van der Waals surface area contributed by atoms with Gasteiger partial charge < -0.3 is 13.7 Å². The number of carbonyl (C=O) groups is 1. The molecule has 2 aromatic heterocycles. The van der Waals surface area contributed by atoms with E-state index in [0.29, 0.717) is 43.3 Å². The minimum atomic E-state index is -0.683. The average molecular weight is 386 g/mol. The molecule has 3 aromatic rings. The fraction of sp³-hybridized carbons (Fsp3) is 0.278. The molecule has 0 N–H and O–H groups in total. The molecule has 0 radical (unpaired) electrons. The molecule has 9 nitrogen and oxygen atoms in total. The molecule has 4 rings (SSSR count). The first kappa shape index (κ1) is 17.8. The van der Waals surface area contributed by atoms with Crippen LogP contribution in [0.4, 0.5) is 10.3 Å². The first-order valence-electron chi connectivity index (χ1n) is 8.64. The number of likely N-dealkylation sites (tertiary alicyclic amines) is 1. The van der Waals surface area contributed by atoms with Gasteiger partial charge in [0.05, 0.1) is 6.07 Å². The highest BCUT2D eigenvalue weighted by molar-refractivity contribution is 5.91. The monoisotopic (exact) mass is 386 g/mol. The number of carbonyl (C=O) groups excluding carboxylic acids is 1. The van der Waals surface area contributed by atoms with Gasteiger partial charge in [0.2, 0.25) is 11.8 Å². The summed E-state index contributed by atoms with van der Waals surface area (Å²) >= 11 is 0. The van der Waals surface area contributed by atoms with Crippen LogP contribution < -0.4 is 0 Å². The third-order valence-electron chi connectivity index (χ3n) is 4.65. The highest BCUT2D eigenvalue weighted by Gasteiger charge is 2.30. The van der Waals surface area contributed by atoms with Crippen molar-refractivity contribution in [1.82, 2.24) is 15.1 Å². The van der Waals surface area contributed by atoms with Crippen molar-refractivity contribution >= 4 is 11.8 Å². The number of aromatic nitrogens is 2. The molecule has 0 unspecified atom stereocenters. The number of hydrogen-bond donors (Lipinski definition) is 0. The van der Waals surface area contributed by atoms with Crippen molar-refractivity contribution in [3.8, 4) is 11.5 Å². The molecule has 0 atom stereocenters. The summed E-state index contributed by atoms with van der Waals surface area (Å²) in [5, 5.41) is 18.8. The predicted molar refractivity (Wildman–Crippen MR) is 92.9 cm³/mol. The van der Waals surface area contributed by atoms with Crippen LogP contribution >= 0.6 is 0 Å². The van der Waals surface area contributed by atoms with Crippen LogP contribution in [0.3, 0.4) is 0 Å². The number of furan rings is 1. The highest BCUT2D eigenvalue weighted by atomic mass is 19.1. The van der Waals surface area contributed by atoms with Gasteiger partial charge in [-0.25, -0.2) is 4.39 Å². The maximum absolute atomic E-state index is 13.0. The van der Waals surface area contributed by atoms with E-state index >= 15 is 0 Å². The van der Waals surface area contributed by atoms with Crippen molar-refractivity contribution in [2.75, 3.05) is 13.1 Å². The number of rotatable bonds is 4. The van der Waals surface area contributed by atoms with Crippen LogP contribution in [-0.2, 0) is 0 Å². The van der Waals surface area contributed by atoms with E-state index in [4.69, 9.17) is 8.83 Å². The van der Waals surface area contributed by atoms with Crippen LogP contribution in [0.2, 0.25) is 0 Å². The molecule has 1 aliphatic heterocycles. The van der Waals surface area contributed by atoms with Gasteiger partial charge in [0.1, 0.15) is 10.7 Å². The summed E-state index contributed by atoms with van der Waals surface area (Å²) in [7, 11) is 0. The first-order chi connectivity index (χ1) is 13.5. The van der Waals surface area contributed by atoms with Crippen LogP contribution in [0.25, 0.3) is 11.5 Å². The lowest BCUT2D eigenvalue weighted by atomic mass is 9.96. The van der Waals surface area contributed by atoms with E-state index in [-0.39, 0.29) is 23.4 Å². The first-order valence-corrected chi connectivity index (χ1v) is 8.64. The van der Waals surface area contributed by atoms with Gasteiger partial charge in [-0.3, -0.25) is 14.9 Å². The van der Waals surface area contributed by atoms with Crippen LogP contribution in [0.15, 0.2) is 45.2 Å². The molecule has 0 aliphatic carbocycles. The molecule has 3 heterocycles. The van der Waals surface area contributed by atoms with Crippen molar-refractivity contribution in [2.45, 2.75) is 18.8 Å². The maximum Gasteiger partial charge on any atom is 0.433 e. The van der Waals surface area contributed by atoms with Gasteiger partial charge in [-0.05, 0) is 43.2 Å². The van der Waals surface area contributed by atoms with E-state index in [0.717, 1.165) is 6.07 Å². The van der Waals surface area contributed by atoms with Gasteiger partial charge in [0, 0.05) is 24.6 Å². The zero-order valence-electron chi connectivity index (χ0n) is 14.6. The fourth-order valence-corrected chi connectivity index (χ4v) is 3.13. The number of nitrogens with zero attached hydrogens (tertiary/aromatic N) is 4. The van der Waals surface area contributed by atoms with E-state index < -0.39 is 10.8 Å². The van der Waals surface area contributed by atoms with Crippen molar-refractivity contribution in [2.24, 2.45) is 0 Å². The summed E-state index contributed by atoms with van der Waals surface area (Å²) in [5.74, 6) is -0.460. The van der Waals surface area contributed by atoms with Crippen molar-refractivity contribution in [3.63, 3.8) is 0 Å². The zero-order chi connectivity index (χ0) is 19.7. The van der Waals surface area contributed by atoms with Crippen LogP contribution in [0.1, 0.15) is 35.2 Å². The third-order valence-corrected chi connectivity index (χ3v) is 4.65. The Morgan fingerprint density at radius 2 is 1.82 bits per heavy atom. The Balaban J connectivity index is 1.39. The Bertz CT molecular complexity index is 1010. The lowest BCUT2D eigenvalue weighted by molar-refractivity contribution is -0.402. The second kappa shape index (κ2) is 7.22. The quantitative estimate of drug-likeness (QED) is 0.498. The van der Waals surface area contributed by atoms with Gasteiger partial charge >= 0.3 is 5.88 Å². The number of amides is 1. The van der Waals surface area contributed by atoms with Crippen molar-refractivity contribution in [3.05, 3.63) is 64.0 Å². The predicted octanol–water partition coefficient (Wildman–Crippen LogP) is 3.40. The Morgan fingerprint density at radius 1 is 1.11 bits per heavy atom. The van der Waals surface area contributed by atoms with Crippen LogP contribution in [-0.4, -0.2) is 39.0 Å². The second-order valence-corrected chi connectivity index (χ2v) is 6.41. The smallest absolute Gasteiger partial charge is 0.420 e. The summed E-state index contributed by atoms with van der Waals surface area (Å²) in [6.07, 6.45) is 1.22. The third kappa shape index (κ3) is 3.48. The standard InChI is InChI=1S/C18H15FN4O5/c19-13-3-1-11(2-4-13)16-20-21-17(28-16)12-7-9-22(10-8-12)18(24)14-5-6-15(27-14)23(25)26/h1-6,12H,7-10H2. The lowest BCUT2D eigenvalue weighted by Crippen LogP contribution is -2.37. The summed E-state index contributed by atoms with van der Waals surface area (Å²) in [6, 6.07) is 8.24. The molecule has 1 fully saturated rings. The SMILES string of the molecule is O=C(c1ccc([N+](=O)[O-])o1)N1CCC(c2nnc(-c3ccc(F)cc3)o2)CC1. The topological polar surface area (TPSA) is 116 Å². The molecule has 1 saturated heterocycles. The molecule has 0 saturated carbocycles. The minimum absolute atomic E-state index is 0.00307. The average Bonchev–Trinajstić information content (AvgIpc) is 3.38. The Morgan fingerprint density at radius 3 is 2.46 bits per heavy atom. The van der Waals surface area contributed by atoms with Gasteiger partial charge in [-0.2, -0.15) is 0 Å². The van der Waals surface area contributed by atoms with Gasteiger partial charge in [-0.15, -0.1) is 10.2 Å². The number of benzene rings is 1. The molecular weight excluding hydrogens is 371 g/mol. The van der Waals surface area contributed by atoms with E-state index in [1.54, 1.807) is 17.0 Å². The Hall–Kier alpha value is -3.56. The molecular formula is C18H15FN4O5. The van der Waals surface area contributed by atoms with E-state index in [2.05, 4.69) is 10.2 Å². The van der Waals surface area contributed by atoms with Gasteiger partial charge in [-0.1, -0.05) is 0 Å². The van der Waals surface area contributed by atoms with Crippen molar-refractivity contribution in [1.29, 1.82) is 0 Å². The van der Waals surface area contributed by atoms with Crippen LogP contribution in [0, 0.1) is 15.9 Å². The number of nitro groups is 1. The zero-order valence-corrected chi connectivity index (χ0v) is 14.6. The molecule has 28 heavy (non-hydrogen) atoms. The van der Waals surface area contributed by atoms with Gasteiger partial charge in [0.15, 0.2) is 5.76 Å². The Labute approximate surface area is 157 Å². The molecule has 1 aromatic carbocycles. The molecule has 1 aliphatic rings. The van der Waals surface area contributed by atoms with Gasteiger partial charge in [0.25, 0.3) is 5.91 Å². The maximum atomic E-state index is 13.0. The summed E-state index contributed by atoms with van der Waals surface area (Å²) < 4.78 is 23.7. The van der Waals surface area contributed by atoms with Crippen LogP contribution in [0.5, 0.6) is 0 Å². The number of piperidine rings is 1. The highest BCUT2D eigenvalue weighted by Crippen LogP contribution is 2.30. The molecule has 0 bridgehead atoms. The van der Waals surface area contributed by atoms with E-state index in [1.165, 1.54) is 18.2 Å². The normalized spacial score (nSPS) is 15.0. The lowest BCUT2D eigenvalue weighted by Gasteiger charge is -2.29. The molecule has 10 heteroatoms. The fourth-order valence-electron chi connectivity index (χ4n) is 3.13. The summed E-state index contributed by atoms with van der Waals surface area (Å²) in [4.78, 5) is 24.0. The van der Waals surface area contributed by atoms with E-state index in [9.17, 15) is 19.3 Å². The Kier molecular flexibility index (Phi) is 4.60. The largest absolute Gasteiger partial charge is 0.433 e. The molecule has 144 valence electrons. The molecule has 0 spiro atoms. The molecule has 1 amide bonds. The second-order valence-electron chi connectivity index (χ2n) is 6.41. The summed E-state index contributed by atoms with van der Waals surface area (Å²) in [5.41, 5.74) is 0.632. The van der Waals surface area contributed by atoms with Crippen molar-refractivity contribution < 1.29 is 22.9 Å². The minimum Gasteiger partial charge on any atom is -0.420 e. The van der Waals surface area contributed by atoms with E-state index in [1.807, 2.05) is 0 Å². The number of halogens is 1. The summed E-state index contributed by atoms with van der Waals surface area (Å²) in [6.45, 7) is 0.874.